The fourth-order valence-electron chi connectivity index (χ4n) is 1.77. The Hall–Kier alpha value is -1.39. The molecule has 1 atom stereocenters. The monoisotopic (exact) mass is 180 g/mol. The highest BCUT2D eigenvalue weighted by Gasteiger charge is 2.26. The van der Waals surface area contributed by atoms with E-state index >= 15 is 0 Å². The Bertz CT molecular complexity index is 344. The Morgan fingerprint density at radius 2 is 2.46 bits per heavy atom. The number of hydrogen-bond acceptors (Lipinski definition) is 3. The Morgan fingerprint density at radius 1 is 1.69 bits per heavy atom. The molecule has 1 heterocycles. The first-order chi connectivity index (χ1) is 6.18. The molecule has 2 rings (SSSR count). The minimum Gasteiger partial charge on any atom is -0.369 e. The molecule has 1 unspecified atom stereocenters. The van der Waals surface area contributed by atoms with Crippen molar-refractivity contribution in [3.05, 3.63) is 11.4 Å². The predicted molar refractivity (Wildman–Crippen MR) is 45.7 cm³/mol. The summed E-state index contributed by atoms with van der Waals surface area (Å²) < 4.78 is 1.77. The van der Waals surface area contributed by atoms with E-state index in [1.807, 2.05) is 7.05 Å². The third-order valence-electron chi connectivity index (χ3n) is 2.60. The molecule has 1 aliphatic carbocycles. The fraction of sp³-hybridized carbons (Fsp3) is 0.625. The molecule has 0 aromatic carbocycles. The Kier molecular flexibility index (Phi) is 1.79. The van der Waals surface area contributed by atoms with Crippen molar-refractivity contribution in [3.63, 3.8) is 0 Å². The van der Waals surface area contributed by atoms with Gasteiger partial charge in [0.2, 0.25) is 5.91 Å². The van der Waals surface area contributed by atoms with Gasteiger partial charge in [0.25, 0.3) is 0 Å². The Morgan fingerprint density at radius 3 is 3.15 bits per heavy atom. The van der Waals surface area contributed by atoms with Gasteiger partial charge in [-0.3, -0.25) is 9.48 Å². The lowest BCUT2D eigenvalue weighted by molar-refractivity contribution is -0.122. The number of fused-ring (bicyclic) bond motifs is 1. The molecule has 0 fully saturated rings. The minimum atomic E-state index is -0.226. The number of nitrogens with two attached hydrogens (primary N) is 1. The van der Waals surface area contributed by atoms with E-state index in [1.54, 1.807) is 4.68 Å². The van der Waals surface area contributed by atoms with Crippen molar-refractivity contribution in [3.8, 4) is 0 Å². The molecule has 0 saturated carbocycles. The standard InChI is InChI=1S/C8H12N4O/c1-12-7-3-2-5(8(9)13)4-6(7)10-11-12/h5H,2-4H2,1H3,(H2,9,13). The zero-order valence-corrected chi connectivity index (χ0v) is 7.53. The zero-order valence-electron chi connectivity index (χ0n) is 7.53. The first kappa shape index (κ1) is 8.22. The lowest BCUT2D eigenvalue weighted by Crippen LogP contribution is -2.29. The van der Waals surface area contributed by atoms with E-state index in [-0.39, 0.29) is 11.8 Å². The molecular weight excluding hydrogens is 168 g/mol. The number of carbonyl (C=O) groups excluding carboxylic acids is 1. The quantitative estimate of drug-likeness (QED) is 0.627. The van der Waals surface area contributed by atoms with Gasteiger partial charge in [0.1, 0.15) is 0 Å². The molecule has 1 amide bonds. The molecule has 0 spiro atoms. The molecule has 0 aliphatic heterocycles. The van der Waals surface area contributed by atoms with Gasteiger partial charge < -0.3 is 5.73 Å². The smallest absolute Gasteiger partial charge is 0.220 e. The molecule has 1 aliphatic rings. The van der Waals surface area contributed by atoms with E-state index in [1.165, 1.54) is 0 Å². The summed E-state index contributed by atoms with van der Waals surface area (Å²) in [7, 11) is 1.87. The second-order valence-corrected chi connectivity index (χ2v) is 3.45. The molecule has 1 aromatic rings. The van der Waals surface area contributed by atoms with Crippen molar-refractivity contribution in [2.45, 2.75) is 19.3 Å². The topological polar surface area (TPSA) is 73.8 Å². The van der Waals surface area contributed by atoms with E-state index in [0.29, 0.717) is 6.42 Å². The van der Waals surface area contributed by atoms with Crippen molar-refractivity contribution in [2.24, 2.45) is 18.7 Å². The van der Waals surface area contributed by atoms with E-state index in [9.17, 15) is 4.79 Å². The molecular formula is C8H12N4O. The summed E-state index contributed by atoms with van der Waals surface area (Å²) in [6, 6.07) is 0. The molecule has 0 saturated heterocycles. The second-order valence-electron chi connectivity index (χ2n) is 3.45. The minimum absolute atomic E-state index is 0.0517. The lowest BCUT2D eigenvalue weighted by atomic mass is 9.89. The van der Waals surface area contributed by atoms with Crippen LogP contribution >= 0.6 is 0 Å². The van der Waals surface area contributed by atoms with Crippen molar-refractivity contribution in [1.82, 2.24) is 15.0 Å². The number of rotatable bonds is 1. The molecule has 5 nitrogen and oxygen atoms in total. The summed E-state index contributed by atoms with van der Waals surface area (Å²) in [5, 5.41) is 7.90. The van der Waals surface area contributed by atoms with Crippen LogP contribution in [0.15, 0.2) is 0 Å². The zero-order chi connectivity index (χ0) is 9.42. The number of hydrogen-bond donors (Lipinski definition) is 1. The molecule has 70 valence electrons. The van der Waals surface area contributed by atoms with Gasteiger partial charge in [-0.2, -0.15) is 0 Å². The van der Waals surface area contributed by atoms with Crippen molar-refractivity contribution in [2.75, 3.05) is 0 Å². The lowest BCUT2D eigenvalue weighted by Gasteiger charge is -2.17. The van der Waals surface area contributed by atoms with Crippen LogP contribution in [0.1, 0.15) is 17.8 Å². The summed E-state index contributed by atoms with van der Waals surface area (Å²) in [5.74, 6) is -0.277. The van der Waals surface area contributed by atoms with Crippen LogP contribution < -0.4 is 5.73 Å². The predicted octanol–water partition coefficient (Wildman–Crippen LogP) is -0.595. The van der Waals surface area contributed by atoms with E-state index < -0.39 is 0 Å². The molecule has 2 N–H and O–H groups in total. The Labute approximate surface area is 75.9 Å². The fourth-order valence-corrected chi connectivity index (χ4v) is 1.77. The third-order valence-corrected chi connectivity index (χ3v) is 2.60. The van der Waals surface area contributed by atoms with Gasteiger partial charge in [-0.1, -0.05) is 5.21 Å². The van der Waals surface area contributed by atoms with Gasteiger partial charge in [0.05, 0.1) is 11.4 Å². The first-order valence-corrected chi connectivity index (χ1v) is 4.35. The summed E-state index contributed by atoms with van der Waals surface area (Å²) in [6.07, 6.45) is 2.33. The first-order valence-electron chi connectivity index (χ1n) is 4.35. The van der Waals surface area contributed by atoms with Gasteiger partial charge >= 0.3 is 0 Å². The van der Waals surface area contributed by atoms with Gasteiger partial charge in [0, 0.05) is 19.4 Å². The SMILES string of the molecule is Cn1nnc2c1CCC(C(N)=O)C2. The van der Waals surface area contributed by atoms with Crippen LogP contribution in [0.2, 0.25) is 0 Å². The van der Waals surface area contributed by atoms with E-state index in [0.717, 1.165) is 24.2 Å². The highest BCUT2D eigenvalue weighted by molar-refractivity contribution is 5.77. The van der Waals surface area contributed by atoms with Crippen molar-refractivity contribution >= 4 is 5.91 Å². The van der Waals surface area contributed by atoms with Gasteiger partial charge in [-0.25, -0.2) is 0 Å². The van der Waals surface area contributed by atoms with Gasteiger partial charge in [-0.15, -0.1) is 5.10 Å². The number of amides is 1. The normalized spacial score (nSPS) is 21.2. The number of aromatic nitrogens is 3. The maximum Gasteiger partial charge on any atom is 0.220 e. The van der Waals surface area contributed by atoms with E-state index in [2.05, 4.69) is 10.3 Å². The number of carbonyl (C=O) groups is 1. The van der Waals surface area contributed by atoms with Crippen LogP contribution in [-0.4, -0.2) is 20.9 Å². The van der Waals surface area contributed by atoms with Gasteiger partial charge in [-0.05, 0) is 12.8 Å². The van der Waals surface area contributed by atoms with Crippen LogP contribution in [0, 0.1) is 5.92 Å². The molecule has 0 radical (unpaired) electrons. The maximum atomic E-state index is 10.9. The number of aryl methyl sites for hydroxylation is 1. The summed E-state index contributed by atoms with van der Waals surface area (Å²) in [6.45, 7) is 0. The maximum absolute atomic E-state index is 10.9. The van der Waals surface area contributed by atoms with Crippen LogP contribution in [0.5, 0.6) is 0 Å². The van der Waals surface area contributed by atoms with Crippen molar-refractivity contribution < 1.29 is 4.79 Å². The van der Waals surface area contributed by atoms with Gasteiger partial charge in [0.15, 0.2) is 0 Å². The van der Waals surface area contributed by atoms with Crippen LogP contribution in [-0.2, 0) is 24.7 Å². The summed E-state index contributed by atoms with van der Waals surface area (Å²) >= 11 is 0. The van der Waals surface area contributed by atoms with Crippen molar-refractivity contribution in [1.29, 1.82) is 0 Å². The third kappa shape index (κ3) is 1.30. The van der Waals surface area contributed by atoms with Crippen LogP contribution in [0.3, 0.4) is 0 Å². The average Bonchev–Trinajstić information content (AvgIpc) is 2.47. The summed E-state index contributed by atoms with van der Waals surface area (Å²) in [4.78, 5) is 10.9. The average molecular weight is 180 g/mol. The highest BCUT2D eigenvalue weighted by atomic mass is 16.1. The second kappa shape index (κ2) is 2.83. The molecule has 13 heavy (non-hydrogen) atoms. The number of primary amides is 1. The molecule has 1 aromatic heterocycles. The molecule has 5 heteroatoms. The van der Waals surface area contributed by atoms with E-state index in [4.69, 9.17) is 5.73 Å². The molecule has 0 bridgehead atoms. The summed E-state index contributed by atoms with van der Waals surface area (Å²) in [5.41, 5.74) is 7.30. The highest BCUT2D eigenvalue weighted by Crippen LogP contribution is 2.22. The Balaban J connectivity index is 2.25. The van der Waals surface area contributed by atoms with Crippen LogP contribution in [0.25, 0.3) is 0 Å². The van der Waals surface area contributed by atoms with Crippen LogP contribution in [0.4, 0.5) is 0 Å². The number of nitrogens with zero attached hydrogens (tertiary/aromatic N) is 3. The largest absolute Gasteiger partial charge is 0.369 e.